The lowest BCUT2D eigenvalue weighted by Crippen LogP contribution is -2.33. The maximum Gasteiger partial charge on any atom is 0.368 e. The van der Waals surface area contributed by atoms with Crippen LogP contribution in [0.2, 0.25) is 5.02 Å². The quantitative estimate of drug-likeness (QED) is 0.759. The van der Waals surface area contributed by atoms with Gasteiger partial charge in [-0.05, 0) is 40.3 Å². The molecule has 0 aliphatic heterocycles. The Bertz CT molecular complexity index is 887. The molecule has 0 spiro atoms. The number of rotatable bonds is 5. The minimum Gasteiger partial charge on any atom is -0.350 e. The average molecular weight is 344 g/mol. The van der Waals surface area contributed by atoms with Crippen molar-refractivity contribution >= 4 is 17.5 Å². The van der Waals surface area contributed by atoms with Crippen LogP contribution in [0.1, 0.15) is 5.56 Å². The van der Waals surface area contributed by atoms with E-state index in [9.17, 15) is 9.59 Å². The fraction of sp³-hybridized carbons (Fsp3) is 0.125. The van der Waals surface area contributed by atoms with Crippen LogP contribution in [0.15, 0.2) is 59.4 Å². The Morgan fingerprint density at radius 3 is 2.46 bits per heavy atom. The first-order valence-electron chi connectivity index (χ1n) is 7.23. The van der Waals surface area contributed by atoms with Crippen LogP contribution in [0.4, 0.5) is 0 Å². The molecule has 1 heterocycles. The lowest BCUT2D eigenvalue weighted by Gasteiger charge is -2.04. The maximum absolute atomic E-state index is 12.2. The minimum atomic E-state index is -0.470. The molecule has 24 heavy (non-hydrogen) atoms. The largest absolute Gasteiger partial charge is 0.368 e. The van der Waals surface area contributed by atoms with Gasteiger partial charge in [0.15, 0.2) is 0 Å². The van der Waals surface area contributed by atoms with E-state index in [1.54, 1.807) is 36.4 Å². The highest BCUT2D eigenvalue weighted by Gasteiger charge is 2.11. The number of amides is 1. The van der Waals surface area contributed by atoms with Crippen molar-refractivity contribution in [3.05, 3.63) is 75.7 Å². The molecule has 1 amide bonds. The van der Waals surface area contributed by atoms with Gasteiger partial charge < -0.3 is 5.32 Å². The molecule has 0 aliphatic rings. The topological polar surface area (TPSA) is 81.8 Å². The number of benzene rings is 2. The van der Waals surface area contributed by atoms with Crippen molar-refractivity contribution in [2.24, 2.45) is 0 Å². The van der Waals surface area contributed by atoms with E-state index in [-0.39, 0.29) is 12.5 Å². The molecule has 0 atom stereocenters. The van der Waals surface area contributed by atoms with Crippen molar-refractivity contribution in [3.8, 4) is 5.69 Å². The number of tetrazole rings is 1. The molecule has 0 saturated carbocycles. The summed E-state index contributed by atoms with van der Waals surface area (Å²) < 4.78 is 2.16. The number of carbonyl (C=O) groups excluding carboxylic acids is 1. The van der Waals surface area contributed by atoms with Crippen LogP contribution < -0.4 is 11.0 Å². The van der Waals surface area contributed by atoms with Gasteiger partial charge in [0.25, 0.3) is 0 Å². The highest BCUT2D eigenvalue weighted by Crippen LogP contribution is 2.09. The summed E-state index contributed by atoms with van der Waals surface area (Å²) in [6, 6.07) is 16.0. The van der Waals surface area contributed by atoms with E-state index in [1.165, 1.54) is 0 Å². The normalized spacial score (nSPS) is 10.5. The highest BCUT2D eigenvalue weighted by atomic mass is 35.5. The van der Waals surface area contributed by atoms with Crippen LogP contribution in [0.25, 0.3) is 5.69 Å². The molecule has 2 aromatic carbocycles. The first kappa shape index (κ1) is 15.9. The highest BCUT2D eigenvalue weighted by molar-refractivity contribution is 6.30. The zero-order valence-corrected chi connectivity index (χ0v) is 13.3. The Kier molecular flexibility index (Phi) is 4.72. The Morgan fingerprint density at radius 1 is 1.04 bits per heavy atom. The van der Waals surface area contributed by atoms with Gasteiger partial charge in [-0.25, -0.2) is 4.79 Å². The summed E-state index contributed by atoms with van der Waals surface area (Å²) in [5.74, 6) is -0.327. The van der Waals surface area contributed by atoms with Gasteiger partial charge in [0.1, 0.15) is 6.54 Å². The van der Waals surface area contributed by atoms with E-state index in [0.29, 0.717) is 17.3 Å². The fourth-order valence-electron chi connectivity index (χ4n) is 2.10. The molecule has 3 aromatic rings. The number of para-hydroxylation sites is 1. The molecular formula is C16H14ClN5O2. The third-order valence-corrected chi connectivity index (χ3v) is 3.59. The molecule has 0 saturated heterocycles. The number of hydrogen-bond acceptors (Lipinski definition) is 4. The Hall–Kier alpha value is -2.93. The Balaban J connectivity index is 1.64. The third-order valence-electron chi connectivity index (χ3n) is 3.34. The summed E-state index contributed by atoms with van der Waals surface area (Å²) in [4.78, 5) is 24.2. The predicted molar refractivity (Wildman–Crippen MR) is 88.9 cm³/mol. The van der Waals surface area contributed by atoms with Crippen molar-refractivity contribution in [1.82, 2.24) is 25.1 Å². The van der Waals surface area contributed by atoms with Crippen molar-refractivity contribution in [1.29, 1.82) is 0 Å². The Labute approximate surface area is 142 Å². The zero-order chi connectivity index (χ0) is 16.9. The van der Waals surface area contributed by atoms with Gasteiger partial charge in [-0.2, -0.15) is 9.36 Å². The summed E-state index contributed by atoms with van der Waals surface area (Å²) in [5, 5.41) is 10.9. The number of nitrogens with one attached hydrogen (secondary N) is 1. The van der Waals surface area contributed by atoms with Crippen LogP contribution in [-0.2, 0) is 17.9 Å². The second kappa shape index (κ2) is 7.10. The first-order chi connectivity index (χ1) is 11.6. The second-order valence-corrected chi connectivity index (χ2v) is 5.51. The van der Waals surface area contributed by atoms with E-state index in [2.05, 4.69) is 15.7 Å². The smallest absolute Gasteiger partial charge is 0.350 e. The summed E-state index contributed by atoms with van der Waals surface area (Å²) in [7, 11) is 0. The minimum absolute atomic E-state index is 0.195. The van der Waals surface area contributed by atoms with Crippen LogP contribution in [0.5, 0.6) is 0 Å². The molecule has 8 heteroatoms. The summed E-state index contributed by atoms with van der Waals surface area (Å²) in [5.41, 5.74) is 1.03. The van der Waals surface area contributed by atoms with Crippen LogP contribution in [-0.4, -0.2) is 25.7 Å². The van der Waals surface area contributed by atoms with Gasteiger partial charge in [-0.15, -0.1) is 0 Å². The van der Waals surface area contributed by atoms with Crippen LogP contribution in [0.3, 0.4) is 0 Å². The number of aromatic nitrogens is 4. The second-order valence-electron chi connectivity index (χ2n) is 5.07. The molecule has 0 unspecified atom stereocenters. The van der Waals surface area contributed by atoms with E-state index < -0.39 is 5.69 Å². The molecule has 122 valence electrons. The molecule has 1 N–H and O–H groups in total. The van der Waals surface area contributed by atoms with Gasteiger partial charge >= 0.3 is 5.69 Å². The SMILES string of the molecule is O=C(Cn1nnn(-c2ccccc2)c1=O)NCc1ccc(Cl)cc1. The van der Waals surface area contributed by atoms with Gasteiger partial charge in [-0.1, -0.05) is 41.9 Å². The molecule has 0 radical (unpaired) electrons. The van der Waals surface area contributed by atoms with Crippen molar-refractivity contribution < 1.29 is 4.79 Å². The number of carbonyl (C=O) groups is 1. The average Bonchev–Trinajstić information content (AvgIpc) is 2.96. The van der Waals surface area contributed by atoms with E-state index >= 15 is 0 Å². The van der Waals surface area contributed by atoms with Crippen molar-refractivity contribution in [2.45, 2.75) is 13.1 Å². The van der Waals surface area contributed by atoms with Gasteiger partial charge in [0.05, 0.1) is 5.69 Å². The van der Waals surface area contributed by atoms with E-state index in [4.69, 9.17) is 11.6 Å². The molecule has 1 aromatic heterocycles. The molecule has 3 rings (SSSR count). The lowest BCUT2D eigenvalue weighted by molar-refractivity contribution is -0.122. The zero-order valence-electron chi connectivity index (χ0n) is 12.6. The standard InChI is InChI=1S/C16H14ClN5O2/c17-13-8-6-12(7-9-13)10-18-15(23)11-21-16(24)22(20-19-21)14-4-2-1-3-5-14/h1-9H,10-11H2,(H,18,23). The molecule has 0 fully saturated rings. The monoisotopic (exact) mass is 343 g/mol. The number of hydrogen-bond donors (Lipinski definition) is 1. The fourth-order valence-corrected chi connectivity index (χ4v) is 2.23. The summed E-state index contributed by atoms with van der Waals surface area (Å²) in [6.07, 6.45) is 0. The molecule has 0 bridgehead atoms. The van der Waals surface area contributed by atoms with E-state index in [1.807, 2.05) is 18.2 Å². The van der Waals surface area contributed by atoms with Crippen molar-refractivity contribution in [3.63, 3.8) is 0 Å². The van der Waals surface area contributed by atoms with E-state index in [0.717, 1.165) is 14.9 Å². The predicted octanol–water partition coefficient (Wildman–Crippen LogP) is 1.40. The first-order valence-corrected chi connectivity index (χ1v) is 7.60. The molecular weight excluding hydrogens is 330 g/mol. The van der Waals surface area contributed by atoms with Gasteiger partial charge in [0.2, 0.25) is 5.91 Å². The Morgan fingerprint density at radius 2 is 1.75 bits per heavy atom. The molecule has 7 nitrogen and oxygen atoms in total. The number of halogens is 1. The van der Waals surface area contributed by atoms with Crippen molar-refractivity contribution in [2.75, 3.05) is 0 Å². The van der Waals surface area contributed by atoms with Gasteiger partial charge in [0, 0.05) is 11.6 Å². The van der Waals surface area contributed by atoms with Crippen LogP contribution >= 0.6 is 11.6 Å². The third kappa shape index (κ3) is 3.69. The molecule has 0 aliphatic carbocycles. The lowest BCUT2D eigenvalue weighted by atomic mass is 10.2. The summed E-state index contributed by atoms with van der Waals surface area (Å²) >= 11 is 5.81. The van der Waals surface area contributed by atoms with Crippen LogP contribution in [0, 0.1) is 0 Å². The number of nitrogens with zero attached hydrogens (tertiary/aromatic N) is 4. The maximum atomic E-state index is 12.2. The van der Waals surface area contributed by atoms with Gasteiger partial charge in [-0.3, -0.25) is 4.79 Å². The summed E-state index contributed by atoms with van der Waals surface area (Å²) in [6.45, 7) is 0.150.